The molecule has 3 N–H and O–H groups in total. The van der Waals surface area contributed by atoms with Crippen LogP contribution in [0.2, 0.25) is 0 Å². The Morgan fingerprint density at radius 1 is 0.667 bits per heavy atom. The Morgan fingerprint density at radius 3 is 1.94 bits per heavy atom. The zero-order valence-electron chi connectivity index (χ0n) is 27.4. The smallest absolute Gasteiger partial charge is 0.272 e. The lowest BCUT2D eigenvalue weighted by molar-refractivity contribution is -0.115. The Bertz CT molecular complexity index is 1770. The Labute approximate surface area is 283 Å². The van der Waals surface area contributed by atoms with Crippen LogP contribution in [0, 0.1) is 0 Å². The summed E-state index contributed by atoms with van der Waals surface area (Å²) in [5.74, 6) is 1.04. The van der Waals surface area contributed by atoms with Gasteiger partial charge in [0.25, 0.3) is 11.8 Å². The minimum Gasteiger partial charge on any atom is -0.497 e. The van der Waals surface area contributed by atoms with Gasteiger partial charge in [-0.3, -0.25) is 14.4 Å². The molecule has 0 saturated heterocycles. The molecule has 4 rings (SSSR count). The van der Waals surface area contributed by atoms with Gasteiger partial charge in [-0.05, 0) is 49.4 Å². The van der Waals surface area contributed by atoms with Gasteiger partial charge in [-0.1, -0.05) is 24.3 Å². The number of methoxy groups -OCH3 is 5. The molecule has 0 aliphatic carbocycles. The molecule has 250 valence electrons. The van der Waals surface area contributed by atoms with Gasteiger partial charge >= 0.3 is 0 Å². The maximum absolute atomic E-state index is 13.7. The van der Waals surface area contributed by atoms with Gasteiger partial charge in [0, 0.05) is 51.7 Å². The van der Waals surface area contributed by atoms with Crippen molar-refractivity contribution in [1.29, 1.82) is 0 Å². The third-order valence-electron chi connectivity index (χ3n) is 6.96. The summed E-state index contributed by atoms with van der Waals surface area (Å²) in [6, 6.07) is 24.0. The highest BCUT2D eigenvalue weighted by Gasteiger charge is 2.19. The molecule has 0 heterocycles. The zero-order chi connectivity index (χ0) is 34.6. The van der Waals surface area contributed by atoms with Crippen LogP contribution in [-0.4, -0.2) is 58.5 Å². The first-order valence-corrected chi connectivity index (χ1v) is 15.6. The topological polar surface area (TPSA) is 133 Å². The van der Waals surface area contributed by atoms with Crippen molar-refractivity contribution < 1.29 is 38.1 Å². The molecule has 1 atom stereocenters. The molecule has 1 unspecified atom stereocenters. The van der Waals surface area contributed by atoms with E-state index in [-0.39, 0.29) is 11.6 Å². The fraction of sp³-hybridized carbons (Fsp3) is 0.194. The fourth-order valence-corrected chi connectivity index (χ4v) is 5.42. The minimum absolute atomic E-state index is 0.0473. The molecule has 0 aliphatic rings. The second kappa shape index (κ2) is 16.8. The number of nitrogens with one attached hydrogen (secondary N) is 3. The van der Waals surface area contributed by atoms with E-state index in [0.717, 1.165) is 4.90 Å². The molecule has 0 saturated carbocycles. The Hall–Kier alpha value is -5.62. The molecule has 48 heavy (non-hydrogen) atoms. The SMILES string of the molecule is COc1cc(NC(=O)C(C)Sc2cccc(NC(=O)/C(=C\c3cc(OC)c(OC)cc3OC)NC(=O)c3ccccc3)c2)cc(OC)c1. The van der Waals surface area contributed by atoms with Gasteiger partial charge in [0.1, 0.15) is 22.9 Å². The number of rotatable bonds is 14. The first kappa shape index (κ1) is 35.2. The number of thioether (sulfide) groups is 1. The van der Waals surface area contributed by atoms with E-state index in [2.05, 4.69) is 16.0 Å². The van der Waals surface area contributed by atoms with E-state index >= 15 is 0 Å². The maximum atomic E-state index is 13.7. The molecule has 4 aromatic carbocycles. The van der Waals surface area contributed by atoms with E-state index in [1.54, 1.807) is 85.8 Å². The number of carbonyl (C=O) groups excluding carboxylic acids is 3. The third-order valence-corrected chi connectivity index (χ3v) is 8.05. The number of anilines is 2. The molecular weight excluding hydrogens is 634 g/mol. The summed E-state index contributed by atoms with van der Waals surface area (Å²) in [6.45, 7) is 1.78. The average molecular weight is 672 g/mol. The number of benzene rings is 4. The minimum atomic E-state index is -0.587. The zero-order valence-corrected chi connectivity index (χ0v) is 28.2. The lowest BCUT2D eigenvalue weighted by Crippen LogP contribution is -2.30. The van der Waals surface area contributed by atoms with Crippen LogP contribution < -0.4 is 39.6 Å². The molecular formula is C36H37N3O8S. The Morgan fingerprint density at radius 2 is 1.31 bits per heavy atom. The van der Waals surface area contributed by atoms with Crippen LogP contribution in [0.3, 0.4) is 0 Å². The van der Waals surface area contributed by atoms with Crippen molar-refractivity contribution in [2.24, 2.45) is 0 Å². The van der Waals surface area contributed by atoms with E-state index in [1.165, 1.54) is 53.4 Å². The van der Waals surface area contributed by atoms with Crippen molar-refractivity contribution in [3.05, 3.63) is 102 Å². The van der Waals surface area contributed by atoms with Crippen molar-refractivity contribution in [3.63, 3.8) is 0 Å². The summed E-state index contributed by atoms with van der Waals surface area (Å²) < 4.78 is 26.9. The van der Waals surface area contributed by atoms with Crippen LogP contribution in [0.15, 0.2) is 95.5 Å². The lowest BCUT2D eigenvalue weighted by atomic mass is 10.1. The molecule has 0 fully saturated rings. The second-order valence-corrected chi connectivity index (χ2v) is 11.6. The van der Waals surface area contributed by atoms with E-state index in [4.69, 9.17) is 23.7 Å². The van der Waals surface area contributed by atoms with E-state index in [0.29, 0.717) is 51.2 Å². The Balaban J connectivity index is 1.56. The van der Waals surface area contributed by atoms with E-state index < -0.39 is 17.1 Å². The van der Waals surface area contributed by atoms with Crippen molar-refractivity contribution >= 4 is 46.9 Å². The predicted octanol–water partition coefficient (Wildman–Crippen LogP) is 6.26. The number of carbonyl (C=O) groups is 3. The highest BCUT2D eigenvalue weighted by atomic mass is 32.2. The maximum Gasteiger partial charge on any atom is 0.272 e. The van der Waals surface area contributed by atoms with Crippen LogP contribution in [0.1, 0.15) is 22.8 Å². The van der Waals surface area contributed by atoms with Crippen LogP contribution in [0.5, 0.6) is 28.7 Å². The third kappa shape index (κ3) is 9.23. The van der Waals surface area contributed by atoms with Crippen molar-refractivity contribution in [3.8, 4) is 28.7 Å². The number of ether oxygens (including phenoxy) is 5. The monoisotopic (exact) mass is 671 g/mol. The summed E-state index contributed by atoms with van der Waals surface area (Å²) in [5, 5.41) is 7.98. The number of amides is 3. The summed E-state index contributed by atoms with van der Waals surface area (Å²) in [4.78, 5) is 40.7. The normalized spacial score (nSPS) is 11.5. The summed E-state index contributed by atoms with van der Waals surface area (Å²) in [7, 11) is 7.55. The van der Waals surface area contributed by atoms with E-state index in [1.807, 2.05) is 6.07 Å². The van der Waals surface area contributed by atoms with Gasteiger partial charge in [0.05, 0.1) is 40.8 Å². The number of hydrogen-bond acceptors (Lipinski definition) is 9. The largest absolute Gasteiger partial charge is 0.497 e. The first-order chi connectivity index (χ1) is 23.2. The number of hydrogen-bond donors (Lipinski definition) is 3. The molecule has 4 aromatic rings. The fourth-order valence-electron chi connectivity index (χ4n) is 4.49. The highest BCUT2D eigenvalue weighted by Crippen LogP contribution is 2.36. The highest BCUT2D eigenvalue weighted by molar-refractivity contribution is 8.00. The van der Waals surface area contributed by atoms with Gasteiger partial charge in [-0.15, -0.1) is 11.8 Å². The summed E-state index contributed by atoms with van der Waals surface area (Å²) >= 11 is 1.31. The molecule has 11 nitrogen and oxygen atoms in total. The first-order valence-electron chi connectivity index (χ1n) is 14.7. The average Bonchev–Trinajstić information content (AvgIpc) is 3.11. The van der Waals surface area contributed by atoms with Crippen LogP contribution in [-0.2, 0) is 9.59 Å². The van der Waals surface area contributed by atoms with Gasteiger partial charge in [-0.25, -0.2) is 0 Å². The molecule has 12 heteroatoms. The Kier molecular flexibility index (Phi) is 12.3. The van der Waals surface area contributed by atoms with Crippen molar-refractivity contribution in [2.75, 3.05) is 46.2 Å². The standard InChI is InChI=1S/C36H37N3O8S/c1-22(34(40)38-26-17-27(43-2)20-28(18-26)44-3)48-29-14-10-13-25(19-29)37-36(42)30(39-35(41)23-11-8-7-9-12-23)15-24-16-32(46-5)33(47-6)21-31(24)45-4/h7-22H,1-6H3,(H,37,42)(H,38,40)(H,39,41)/b30-15+. The second-order valence-electron chi connectivity index (χ2n) is 10.2. The van der Waals surface area contributed by atoms with Crippen LogP contribution in [0.4, 0.5) is 11.4 Å². The van der Waals surface area contributed by atoms with E-state index in [9.17, 15) is 14.4 Å². The lowest BCUT2D eigenvalue weighted by Gasteiger charge is -2.16. The van der Waals surface area contributed by atoms with Crippen LogP contribution >= 0.6 is 11.8 Å². The van der Waals surface area contributed by atoms with Crippen molar-refractivity contribution in [1.82, 2.24) is 5.32 Å². The predicted molar refractivity (Wildman–Crippen MR) is 187 cm³/mol. The van der Waals surface area contributed by atoms with Gasteiger partial charge in [0.2, 0.25) is 5.91 Å². The molecule has 0 spiro atoms. The van der Waals surface area contributed by atoms with Gasteiger partial charge in [0.15, 0.2) is 11.5 Å². The summed E-state index contributed by atoms with van der Waals surface area (Å²) in [5.41, 5.74) is 1.77. The molecule has 0 aromatic heterocycles. The molecule has 3 amide bonds. The van der Waals surface area contributed by atoms with Crippen LogP contribution in [0.25, 0.3) is 6.08 Å². The molecule has 0 aliphatic heterocycles. The summed E-state index contributed by atoms with van der Waals surface area (Å²) in [6.07, 6.45) is 1.50. The molecule has 0 bridgehead atoms. The molecule has 0 radical (unpaired) electrons. The van der Waals surface area contributed by atoms with Gasteiger partial charge < -0.3 is 39.6 Å². The van der Waals surface area contributed by atoms with Gasteiger partial charge in [-0.2, -0.15) is 0 Å². The quantitative estimate of drug-likeness (QED) is 0.105. The van der Waals surface area contributed by atoms with Crippen molar-refractivity contribution in [2.45, 2.75) is 17.1 Å².